The van der Waals surface area contributed by atoms with Gasteiger partial charge in [0.1, 0.15) is 18.2 Å². The number of nitrogens with zero attached hydrogens (tertiary/aromatic N) is 7. The molecule has 2 fully saturated rings. The van der Waals surface area contributed by atoms with Gasteiger partial charge in [0.15, 0.2) is 5.65 Å². The summed E-state index contributed by atoms with van der Waals surface area (Å²) in [5.74, 6) is 1.03. The van der Waals surface area contributed by atoms with Gasteiger partial charge in [0.2, 0.25) is 5.91 Å². The predicted molar refractivity (Wildman–Crippen MR) is 111 cm³/mol. The number of hydrogen-bond acceptors (Lipinski definition) is 6. The van der Waals surface area contributed by atoms with Gasteiger partial charge in [0.25, 0.3) is 0 Å². The Balaban J connectivity index is 1.47. The molecule has 8 nitrogen and oxygen atoms in total. The van der Waals surface area contributed by atoms with Crippen molar-refractivity contribution in [1.82, 2.24) is 29.5 Å². The van der Waals surface area contributed by atoms with Crippen LogP contribution in [0, 0.1) is 0 Å². The molecule has 2 aliphatic rings. The maximum atomic E-state index is 13.3. The van der Waals surface area contributed by atoms with E-state index < -0.39 is 0 Å². The minimum atomic E-state index is -0.156. The van der Waals surface area contributed by atoms with Gasteiger partial charge in [-0.25, -0.2) is 14.6 Å². The van der Waals surface area contributed by atoms with E-state index in [1.807, 2.05) is 46.1 Å². The average molecular weight is 391 g/mol. The van der Waals surface area contributed by atoms with Gasteiger partial charge < -0.3 is 14.7 Å². The molecule has 4 heterocycles. The Labute approximate surface area is 169 Å². The van der Waals surface area contributed by atoms with Gasteiger partial charge in [-0.2, -0.15) is 5.10 Å². The van der Waals surface area contributed by atoms with E-state index in [0.29, 0.717) is 0 Å². The molecular weight excluding hydrogens is 366 g/mol. The second-order valence-corrected chi connectivity index (χ2v) is 7.81. The molecule has 1 unspecified atom stereocenters. The standard InChI is InChI=1S/C21H25N7O/c1-25-10-12-26(13-11-25)21(29)18-8-5-9-27(18)19-17-14-24-28(20(17)23-15-22-19)16-6-3-2-4-7-16/h2-4,6-7,14-15,18H,5,8-13H2,1H3. The van der Waals surface area contributed by atoms with Gasteiger partial charge in [0.05, 0.1) is 17.3 Å². The van der Waals surface area contributed by atoms with Crippen molar-refractivity contribution in [3.8, 4) is 5.69 Å². The lowest BCUT2D eigenvalue weighted by Crippen LogP contribution is -2.53. The summed E-state index contributed by atoms with van der Waals surface area (Å²) in [6.45, 7) is 4.28. The Hall–Kier alpha value is -3.00. The van der Waals surface area contributed by atoms with Crippen LogP contribution in [0.5, 0.6) is 0 Å². The first kappa shape index (κ1) is 18.1. The van der Waals surface area contributed by atoms with Crippen LogP contribution in [-0.4, -0.2) is 81.3 Å². The first-order valence-electron chi connectivity index (χ1n) is 10.2. The molecule has 0 radical (unpaired) electrons. The lowest BCUT2D eigenvalue weighted by atomic mass is 10.1. The van der Waals surface area contributed by atoms with Crippen LogP contribution in [0.4, 0.5) is 5.82 Å². The Morgan fingerprint density at radius 1 is 1.03 bits per heavy atom. The Bertz CT molecular complexity index is 1010. The number of benzene rings is 1. The summed E-state index contributed by atoms with van der Waals surface area (Å²) in [7, 11) is 2.10. The van der Waals surface area contributed by atoms with Gasteiger partial charge in [-0.3, -0.25) is 4.79 Å². The first-order chi connectivity index (χ1) is 14.2. The van der Waals surface area contributed by atoms with Crippen LogP contribution in [0.15, 0.2) is 42.9 Å². The molecule has 0 spiro atoms. The average Bonchev–Trinajstić information content (AvgIpc) is 3.41. The monoisotopic (exact) mass is 391 g/mol. The van der Waals surface area contributed by atoms with Crippen LogP contribution in [0.2, 0.25) is 0 Å². The maximum Gasteiger partial charge on any atom is 0.245 e. The molecule has 1 aromatic carbocycles. The van der Waals surface area contributed by atoms with Gasteiger partial charge in [0, 0.05) is 32.7 Å². The van der Waals surface area contributed by atoms with Crippen molar-refractivity contribution in [1.29, 1.82) is 0 Å². The second-order valence-electron chi connectivity index (χ2n) is 7.81. The van der Waals surface area contributed by atoms with E-state index in [-0.39, 0.29) is 11.9 Å². The van der Waals surface area contributed by atoms with Gasteiger partial charge in [-0.05, 0) is 32.0 Å². The quantitative estimate of drug-likeness (QED) is 0.675. The molecule has 2 saturated heterocycles. The van der Waals surface area contributed by atoms with Crippen molar-refractivity contribution >= 4 is 22.8 Å². The predicted octanol–water partition coefficient (Wildman–Crippen LogP) is 1.56. The lowest BCUT2D eigenvalue weighted by molar-refractivity contribution is -0.134. The fraction of sp³-hybridized carbons (Fsp3) is 0.429. The highest BCUT2D eigenvalue weighted by Gasteiger charge is 2.36. The topological polar surface area (TPSA) is 70.4 Å². The molecule has 0 saturated carbocycles. The van der Waals surface area contributed by atoms with E-state index in [0.717, 1.165) is 68.1 Å². The number of carbonyl (C=O) groups excluding carboxylic acids is 1. The molecule has 5 rings (SSSR count). The van der Waals surface area contributed by atoms with Crippen molar-refractivity contribution < 1.29 is 4.79 Å². The zero-order valence-electron chi connectivity index (χ0n) is 16.6. The highest BCUT2D eigenvalue weighted by molar-refractivity contribution is 5.92. The molecule has 1 amide bonds. The van der Waals surface area contributed by atoms with E-state index >= 15 is 0 Å². The zero-order valence-corrected chi connectivity index (χ0v) is 16.6. The highest BCUT2D eigenvalue weighted by atomic mass is 16.2. The molecule has 150 valence electrons. The van der Waals surface area contributed by atoms with Crippen molar-refractivity contribution in [3.05, 3.63) is 42.9 Å². The minimum absolute atomic E-state index is 0.156. The van der Waals surface area contributed by atoms with Crippen LogP contribution in [-0.2, 0) is 4.79 Å². The van der Waals surface area contributed by atoms with Gasteiger partial charge in [-0.1, -0.05) is 18.2 Å². The van der Waals surface area contributed by atoms with Gasteiger partial charge >= 0.3 is 0 Å². The molecule has 0 bridgehead atoms. The fourth-order valence-electron chi connectivity index (χ4n) is 4.33. The SMILES string of the molecule is CN1CCN(C(=O)C2CCCN2c2ncnc3c2cnn3-c2ccccc2)CC1. The van der Waals surface area contributed by atoms with Crippen LogP contribution in [0.25, 0.3) is 16.7 Å². The fourth-order valence-corrected chi connectivity index (χ4v) is 4.33. The summed E-state index contributed by atoms with van der Waals surface area (Å²) >= 11 is 0. The van der Waals surface area contributed by atoms with E-state index in [9.17, 15) is 4.79 Å². The van der Waals surface area contributed by atoms with Crippen LogP contribution >= 0.6 is 0 Å². The molecule has 8 heteroatoms. The molecule has 29 heavy (non-hydrogen) atoms. The summed E-state index contributed by atoms with van der Waals surface area (Å²) in [6.07, 6.45) is 5.24. The third kappa shape index (κ3) is 3.23. The zero-order chi connectivity index (χ0) is 19.8. The number of amides is 1. The van der Waals surface area contributed by atoms with Crippen LogP contribution in [0.1, 0.15) is 12.8 Å². The molecule has 0 aliphatic carbocycles. The number of anilines is 1. The Kier molecular flexibility index (Phi) is 4.63. The third-order valence-electron chi connectivity index (χ3n) is 5.97. The van der Waals surface area contributed by atoms with E-state index in [1.54, 1.807) is 6.33 Å². The van der Waals surface area contributed by atoms with Crippen LogP contribution in [0.3, 0.4) is 0 Å². The van der Waals surface area contributed by atoms with Crippen molar-refractivity contribution in [2.24, 2.45) is 0 Å². The molecule has 2 aromatic heterocycles. The number of likely N-dealkylation sites (N-methyl/N-ethyl adjacent to an activating group) is 1. The Morgan fingerprint density at radius 2 is 1.83 bits per heavy atom. The van der Waals surface area contributed by atoms with Crippen LogP contribution < -0.4 is 4.90 Å². The largest absolute Gasteiger partial charge is 0.344 e. The normalized spacial score (nSPS) is 20.5. The number of para-hydroxylation sites is 1. The van der Waals surface area contributed by atoms with Crippen molar-refractivity contribution in [2.45, 2.75) is 18.9 Å². The van der Waals surface area contributed by atoms with E-state index in [4.69, 9.17) is 0 Å². The number of carbonyl (C=O) groups is 1. The highest BCUT2D eigenvalue weighted by Crippen LogP contribution is 2.31. The molecular formula is C21H25N7O. The number of aromatic nitrogens is 4. The summed E-state index contributed by atoms with van der Waals surface area (Å²) in [6, 6.07) is 9.80. The third-order valence-corrected chi connectivity index (χ3v) is 5.97. The lowest BCUT2D eigenvalue weighted by Gasteiger charge is -2.36. The molecule has 2 aliphatic heterocycles. The maximum absolute atomic E-state index is 13.3. The van der Waals surface area contributed by atoms with E-state index in [1.165, 1.54) is 0 Å². The first-order valence-corrected chi connectivity index (χ1v) is 10.2. The van der Waals surface area contributed by atoms with Crippen molar-refractivity contribution in [3.63, 3.8) is 0 Å². The number of fused-ring (bicyclic) bond motifs is 1. The molecule has 3 aromatic rings. The summed E-state index contributed by atoms with van der Waals surface area (Å²) in [4.78, 5) is 28.7. The van der Waals surface area contributed by atoms with Crippen molar-refractivity contribution in [2.75, 3.05) is 44.7 Å². The smallest absolute Gasteiger partial charge is 0.245 e. The second kappa shape index (κ2) is 7.44. The number of piperazine rings is 1. The summed E-state index contributed by atoms with van der Waals surface area (Å²) in [5, 5.41) is 5.44. The summed E-state index contributed by atoms with van der Waals surface area (Å²) < 4.78 is 1.83. The molecule has 1 atom stereocenters. The number of hydrogen-bond donors (Lipinski definition) is 0. The Morgan fingerprint density at radius 3 is 2.62 bits per heavy atom. The number of rotatable bonds is 3. The molecule has 0 N–H and O–H groups in total. The van der Waals surface area contributed by atoms with Gasteiger partial charge in [-0.15, -0.1) is 0 Å². The minimum Gasteiger partial charge on any atom is -0.344 e. The summed E-state index contributed by atoms with van der Waals surface area (Å²) in [5.41, 5.74) is 1.72. The van der Waals surface area contributed by atoms with E-state index in [2.05, 4.69) is 31.9 Å².